The third-order valence-corrected chi connectivity index (χ3v) is 7.53. The van der Waals surface area contributed by atoms with E-state index in [1.807, 2.05) is 42.5 Å². The first-order valence-corrected chi connectivity index (χ1v) is 11.6. The molecule has 30 heavy (non-hydrogen) atoms. The second-order valence-corrected chi connectivity index (χ2v) is 9.47. The summed E-state index contributed by atoms with van der Waals surface area (Å²) in [6, 6.07) is 18.3. The van der Waals surface area contributed by atoms with Gasteiger partial charge in [0.2, 0.25) is 9.84 Å². The van der Waals surface area contributed by atoms with E-state index < -0.39 is 9.84 Å². The van der Waals surface area contributed by atoms with Gasteiger partial charge >= 0.3 is 0 Å². The van der Waals surface area contributed by atoms with Gasteiger partial charge in [0.1, 0.15) is 11.9 Å². The molecule has 0 saturated carbocycles. The molecule has 4 aromatic rings. The Morgan fingerprint density at radius 3 is 2.77 bits per heavy atom. The highest BCUT2D eigenvalue weighted by Gasteiger charge is 2.27. The summed E-state index contributed by atoms with van der Waals surface area (Å²) in [6.07, 6.45) is 1.09. The van der Waals surface area contributed by atoms with E-state index in [-0.39, 0.29) is 16.0 Å². The van der Waals surface area contributed by atoms with Crippen LogP contribution < -0.4 is 4.74 Å². The van der Waals surface area contributed by atoms with Gasteiger partial charge in [-0.3, -0.25) is 10.00 Å². The van der Waals surface area contributed by atoms with Gasteiger partial charge in [-0.05, 0) is 42.6 Å². The molecule has 5 rings (SSSR count). The molecule has 0 bridgehead atoms. The Balaban J connectivity index is 1.55. The lowest BCUT2D eigenvalue weighted by Gasteiger charge is -2.15. The summed E-state index contributed by atoms with van der Waals surface area (Å²) in [6.45, 7) is 5.06. The molecule has 0 amide bonds. The van der Waals surface area contributed by atoms with Gasteiger partial charge in [-0.15, -0.1) is 0 Å². The number of benzene rings is 3. The molecule has 7 heteroatoms. The first-order chi connectivity index (χ1) is 14.6. The number of aromatic amines is 1. The number of ether oxygens (including phenoxy) is 1. The van der Waals surface area contributed by atoms with Crippen LogP contribution in [0.2, 0.25) is 0 Å². The van der Waals surface area contributed by atoms with Crippen molar-refractivity contribution < 1.29 is 13.2 Å². The van der Waals surface area contributed by atoms with Gasteiger partial charge in [-0.2, -0.15) is 5.10 Å². The summed E-state index contributed by atoms with van der Waals surface area (Å²) in [5.41, 5.74) is 0.669. The van der Waals surface area contributed by atoms with Crippen LogP contribution in [0.25, 0.3) is 21.7 Å². The highest BCUT2D eigenvalue weighted by Crippen LogP contribution is 2.33. The number of likely N-dealkylation sites (N-methyl/N-ethyl adjacent to an activating group) is 1. The Hall–Kier alpha value is -2.90. The Morgan fingerprint density at radius 1 is 1.10 bits per heavy atom. The van der Waals surface area contributed by atoms with Crippen LogP contribution in [-0.2, 0) is 9.84 Å². The van der Waals surface area contributed by atoms with Crippen molar-refractivity contribution in [2.45, 2.75) is 29.4 Å². The molecule has 1 aliphatic heterocycles. The average molecular weight is 422 g/mol. The molecule has 3 aromatic carbocycles. The molecule has 1 N–H and O–H groups in total. The van der Waals surface area contributed by atoms with Crippen molar-refractivity contribution in [3.8, 4) is 5.75 Å². The molecular weight excluding hydrogens is 398 g/mol. The number of rotatable bonds is 5. The largest absolute Gasteiger partial charge is 0.489 e. The molecule has 1 fully saturated rings. The van der Waals surface area contributed by atoms with Crippen LogP contribution in [0.15, 0.2) is 70.6 Å². The minimum atomic E-state index is -3.81. The molecule has 6 nitrogen and oxygen atoms in total. The second kappa shape index (κ2) is 7.41. The highest BCUT2D eigenvalue weighted by molar-refractivity contribution is 7.91. The van der Waals surface area contributed by atoms with E-state index in [1.165, 1.54) is 0 Å². The number of hydrogen-bond donors (Lipinski definition) is 1. The zero-order valence-electron chi connectivity index (χ0n) is 16.7. The molecule has 0 aliphatic carbocycles. The Bertz CT molecular complexity index is 1320. The fourth-order valence-corrected chi connectivity index (χ4v) is 5.72. The Kier molecular flexibility index (Phi) is 4.72. The van der Waals surface area contributed by atoms with E-state index in [2.05, 4.69) is 22.0 Å². The molecule has 2 heterocycles. The van der Waals surface area contributed by atoms with Gasteiger partial charge in [0.25, 0.3) is 0 Å². The minimum absolute atomic E-state index is 0.0286. The van der Waals surface area contributed by atoms with Gasteiger partial charge in [0.05, 0.1) is 10.4 Å². The average Bonchev–Trinajstić information content (AvgIpc) is 3.40. The first-order valence-electron chi connectivity index (χ1n) is 10.2. The van der Waals surface area contributed by atoms with Gasteiger partial charge in [-0.1, -0.05) is 43.3 Å². The maximum absolute atomic E-state index is 13.5. The predicted octanol–water partition coefficient (Wildman–Crippen LogP) is 4.02. The van der Waals surface area contributed by atoms with Crippen molar-refractivity contribution in [3.63, 3.8) is 0 Å². The number of H-pyrrole nitrogens is 1. The van der Waals surface area contributed by atoms with E-state index in [0.29, 0.717) is 22.0 Å². The van der Waals surface area contributed by atoms with Crippen LogP contribution in [0.3, 0.4) is 0 Å². The Morgan fingerprint density at radius 2 is 1.93 bits per heavy atom. The third kappa shape index (κ3) is 3.24. The predicted molar refractivity (Wildman–Crippen MR) is 117 cm³/mol. The molecule has 1 saturated heterocycles. The normalized spacial score (nSPS) is 17.7. The minimum Gasteiger partial charge on any atom is -0.489 e. The summed E-state index contributed by atoms with van der Waals surface area (Å²) < 4.78 is 33.2. The van der Waals surface area contributed by atoms with Crippen molar-refractivity contribution in [3.05, 3.63) is 60.7 Å². The summed E-state index contributed by atoms with van der Waals surface area (Å²) in [4.78, 5) is 2.60. The molecule has 0 radical (unpaired) electrons. The van der Waals surface area contributed by atoms with Crippen LogP contribution >= 0.6 is 0 Å². The van der Waals surface area contributed by atoms with Crippen LogP contribution in [-0.4, -0.2) is 49.3 Å². The highest BCUT2D eigenvalue weighted by atomic mass is 32.2. The summed E-state index contributed by atoms with van der Waals surface area (Å²) in [5.74, 6) is 0.668. The standard InChI is InChI=1S/C23H23N3O3S/c1-2-26-13-12-18(15-26)29-17-10-11-21-20(14-17)23(25-24-21)30(27,28)22-9-5-7-16-6-3-4-8-19(16)22/h3-11,14,18H,2,12-13,15H2,1H3,(H,24,25). The van der Waals surface area contributed by atoms with Crippen LogP contribution in [0.5, 0.6) is 5.75 Å². The van der Waals surface area contributed by atoms with Crippen molar-refractivity contribution >= 4 is 31.5 Å². The molecular formula is C23H23N3O3S. The molecule has 0 spiro atoms. The van der Waals surface area contributed by atoms with Crippen LogP contribution in [0.4, 0.5) is 0 Å². The smallest absolute Gasteiger partial charge is 0.226 e. The van der Waals surface area contributed by atoms with E-state index in [4.69, 9.17) is 4.74 Å². The fraction of sp³-hybridized carbons (Fsp3) is 0.261. The van der Waals surface area contributed by atoms with Gasteiger partial charge in [0, 0.05) is 23.9 Å². The van der Waals surface area contributed by atoms with Gasteiger partial charge in [0.15, 0.2) is 5.03 Å². The molecule has 154 valence electrons. The summed E-state index contributed by atoms with van der Waals surface area (Å²) >= 11 is 0. The topological polar surface area (TPSA) is 75.3 Å². The number of likely N-dealkylation sites (tertiary alicyclic amines) is 1. The first kappa shape index (κ1) is 19.1. The van der Waals surface area contributed by atoms with Gasteiger partial charge < -0.3 is 4.74 Å². The van der Waals surface area contributed by atoms with Crippen molar-refractivity contribution in [2.24, 2.45) is 0 Å². The maximum atomic E-state index is 13.5. The van der Waals surface area contributed by atoms with Gasteiger partial charge in [-0.25, -0.2) is 8.42 Å². The second-order valence-electron chi connectivity index (χ2n) is 7.64. The number of nitrogens with zero attached hydrogens (tertiary/aromatic N) is 2. The quantitative estimate of drug-likeness (QED) is 0.527. The van der Waals surface area contributed by atoms with E-state index in [9.17, 15) is 8.42 Å². The number of fused-ring (bicyclic) bond motifs is 2. The van der Waals surface area contributed by atoms with Crippen molar-refractivity contribution in [1.82, 2.24) is 15.1 Å². The van der Waals surface area contributed by atoms with Crippen LogP contribution in [0, 0.1) is 0 Å². The monoisotopic (exact) mass is 421 g/mol. The maximum Gasteiger partial charge on any atom is 0.226 e. The van der Waals surface area contributed by atoms with Crippen molar-refractivity contribution in [1.29, 1.82) is 0 Å². The molecule has 1 aliphatic rings. The third-order valence-electron chi connectivity index (χ3n) is 5.77. The zero-order valence-corrected chi connectivity index (χ0v) is 17.5. The lowest BCUT2D eigenvalue weighted by molar-refractivity contribution is 0.203. The Labute approximate surface area is 175 Å². The summed E-state index contributed by atoms with van der Waals surface area (Å²) in [7, 11) is -3.81. The SMILES string of the molecule is CCN1CCC(Oc2ccc3[nH]nc(S(=O)(=O)c4cccc5ccccc45)c3c2)C1. The lowest BCUT2D eigenvalue weighted by Crippen LogP contribution is -2.24. The molecule has 1 unspecified atom stereocenters. The van der Waals surface area contributed by atoms with Crippen LogP contribution in [0.1, 0.15) is 13.3 Å². The zero-order chi connectivity index (χ0) is 20.7. The number of nitrogens with one attached hydrogen (secondary N) is 1. The number of aromatic nitrogens is 2. The molecule has 1 aromatic heterocycles. The van der Waals surface area contributed by atoms with E-state index in [0.717, 1.165) is 31.4 Å². The van der Waals surface area contributed by atoms with E-state index >= 15 is 0 Å². The number of sulfone groups is 1. The molecule has 1 atom stereocenters. The number of hydrogen-bond acceptors (Lipinski definition) is 5. The lowest BCUT2D eigenvalue weighted by atomic mass is 10.1. The van der Waals surface area contributed by atoms with E-state index in [1.54, 1.807) is 18.2 Å². The van der Waals surface area contributed by atoms with Crippen molar-refractivity contribution in [2.75, 3.05) is 19.6 Å². The summed E-state index contributed by atoms with van der Waals surface area (Å²) in [5, 5.41) is 9.17. The fourth-order valence-electron chi connectivity index (χ4n) is 4.15.